The monoisotopic (exact) mass is 308 g/mol. The van der Waals surface area contributed by atoms with Crippen molar-refractivity contribution in [2.75, 3.05) is 0 Å². The quantitative estimate of drug-likeness (QED) is 0.695. The Morgan fingerprint density at radius 3 is 2.44 bits per heavy atom. The minimum Gasteiger partial charge on any atom is -1.00 e. The molecule has 0 amide bonds. The van der Waals surface area contributed by atoms with Crippen LogP contribution in [0.1, 0.15) is 32.3 Å². The largest absolute Gasteiger partial charge is 1.00 e. The molecule has 0 aliphatic heterocycles. The molecule has 2 aromatic rings. The van der Waals surface area contributed by atoms with E-state index in [0.29, 0.717) is 0 Å². The molecule has 1 heterocycles. The number of rotatable bonds is 5. The van der Waals surface area contributed by atoms with E-state index in [9.17, 15) is 0 Å². The van der Waals surface area contributed by atoms with E-state index in [4.69, 9.17) is 0 Å². The second kappa shape index (κ2) is 7.37. The molecule has 0 aliphatic rings. The average Bonchev–Trinajstić information content (AvgIpc) is 2.85. The summed E-state index contributed by atoms with van der Waals surface area (Å²) >= 11 is 0. The standard InChI is InChI=1S/C15H21N2.BrH/c1-3-5-10-16-11-12-17(13-16)15-8-6-14(4-2)7-9-15;/h6-9,11-13H,3-5,10H2,1-2H3;1H/q+1;/p-1. The molecule has 0 N–H and O–H groups in total. The number of nitrogens with zero attached hydrogens (tertiary/aromatic N) is 2. The molecule has 1 aromatic carbocycles. The van der Waals surface area contributed by atoms with Gasteiger partial charge in [-0.3, -0.25) is 0 Å². The number of hydrogen-bond donors (Lipinski definition) is 0. The van der Waals surface area contributed by atoms with Crippen molar-refractivity contribution in [3.05, 3.63) is 48.5 Å². The minimum absolute atomic E-state index is 0. The highest BCUT2D eigenvalue weighted by molar-refractivity contribution is 5.34. The normalized spacial score (nSPS) is 10.1. The molecule has 0 radical (unpaired) electrons. The van der Waals surface area contributed by atoms with Gasteiger partial charge in [0.1, 0.15) is 18.1 Å². The van der Waals surface area contributed by atoms with Gasteiger partial charge in [0.15, 0.2) is 0 Å². The van der Waals surface area contributed by atoms with Crippen LogP contribution in [0.4, 0.5) is 0 Å². The Morgan fingerprint density at radius 2 is 1.83 bits per heavy atom. The highest BCUT2D eigenvalue weighted by Gasteiger charge is 2.05. The summed E-state index contributed by atoms with van der Waals surface area (Å²) in [6.07, 6.45) is 10.0. The van der Waals surface area contributed by atoms with Crippen molar-refractivity contribution in [2.45, 2.75) is 39.7 Å². The number of imidazole rings is 1. The van der Waals surface area contributed by atoms with Gasteiger partial charge < -0.3 is 17.0 Å². The van der Waals surface area contributed by atoms with E-state index >= 15 is 0 Å². The van der Waals surface area contributed by atoms with E-state index in [1.165, 1.54) is 24.1 Å². The van der Waals surface area contributed by atoms with Crippen LogP contribution in [0.25, 0.3) is 5.69 Å². The van der Waals surface area contributed by atoms with Gasteiger partial charge in [0, 0.05) is 0 Å². The van der Waals surface area contributed by atoms with E-state index < -0.39 is 0 Å². The maximum atomic E-state index is 2.25. The Balaban J connectivity index is 0.00000162. The molecule has 0 fully saturated rings. The van der Waals surface area contributed by atoms with Crippen LogP contribution in [-0.4, -0.2) is 4.57 Å². The first-order valence-electron chi connectivity index (χ1n) is 6.50. The number of halogens is 1. The third-order valence-electron chi connectivity index (χ3n) is 3.10. The zero-order valence-corrected chi connectivity index (χ0v) is 12.7. The lowest BCUT2D eigenvalue weighted by atomic mass is 10.1. The fourth-order valence-corrected chi connectivity index (χ4v) is 1.92. The van der Waals surface area contributed by atoms with Crippen molar-refractivity contribution in [3.8, 4) is 5.69 Å². The van der Waals surface area contributed by atoms with E-state index in [1.54, 1.807) is 0 Å². The third-order valence-corrected chi connectivity index (χ3v) is 3.10. The lowest BCUT2D eigenvalue weighted by molar-refractivity contribution is -0.696. The van der Waals surface area contributed by atoms with Crippen LogP contribution < -0.4 is 21.5 Å². The number of unbranched alkanes of at least 4 members (excludes halogenated alkanes) is 1. The van der Waals surface area contributed by atoms with Crippen molar-refractivity contribution in [2.24, 2.45) is 0 Å². The topological polar surface area (TPSA) is 8.81 Å². The van der Waals surface area contributed by atoms with E-state index in [1.807, 2.05) is 0 Å². The summed E-state index contributed by atoms with van der Waals surface area (Å²) in [7, 11) is 0. The molecule has 0 saturated heterocycles. The Labute approximate surface area is 120 Å². The second-order valence-corrected chi connectivity index (χ2v) is 4.43. The first kappa shape index (κ1) is 15.0. The average molecular weight is 309 g/mol. The SMILES string of the molecule is CCCC[n+]1ccn(-c2ccc(CC)cc2)c1.[Br-]. The van der Waals surface area contributed by atoms with Crippen LogP contribution in [0.15, 0.2) is 43.0 Å². The van der Waals surface area contributed by atoms with Gasteiger partial charge in [0.05, 0.1) is 6.54 Å². The first-order chi connectivity index (χ1) is 8.33. The van der Waals surface area contributed by atoms with Crippen molar-refractivity contribution in [1.82, 2.24) is 4.57 Å². The van der Waals surface area contributed by atoms with Gasteiger partial charge in [-0.05, 0) is 30.5 Å². The Morgan fingerprint density at radius 1 is 1.11 bits per heavy atom. The van der Waals surface area contributed by atoms with Gasteiger partial charge in [-0.25, -0.2) is 9.13 Å². The molecule has 0 atom stereocenters. The molecule has 2 rings (SSSR count). The number of aromatic nitrogens is 2. The summed E-state index contributed by atoms with van der Waals surface area (Å²) in [5.74, 6) is 0. The highest BCUT2D eigenvalue weighted by atomic mass is 79.9. The molecule has 0 spiro atoms. The summed E-state index contributed by atoms with van der Waals surface area (Å²) in [4.78, 5) is 0. The van der Waals surface area contributed by atoms with Crippen molar-refractivity contribution >= 4 is 0 Å². The van der Waals surface area contributed by atoms with Crippen molar-refractivity contribution < 1.29 is 21.5 Å². The lowest BCUT2D eigenvalue weighted by Gasteiger charge is -1.98. The zero-order chi connectivity index (χ0) is 12.1. The molecule has 1 aromatic heterocycles. The van der Waals surface area contributed by atoms with Gasteiger partial charge in [0.2, 0.25) is 6.33 Å². The summed E-state index contributed by atoms with van der Waals surface area (Å²) in [6.45, 7) is 5.51. The Bertz CT molecular complexity index is 460. The molecule has 3 heteroatoms. The fourth-order valence-electron chi connectivity index (χ4n) is 1.92. The molecular weight excluding hydrogens is 288 g/mol. The number of hydrogen-bond acceptors (Lipinski definition) is 0. The smallest absolute Gasteiger partial charge is 0.248 e. The maximum Gasteiger partial charge on any atom is 0.248 e. The van der Waals surface area contributed by atoms with Crippen molar-refractivity contribution in [3.63, 3.8) is 0 Å². The molecular formula is C15H21BrN2. The highest BCUT2D eigenvalue weighted by Crippen LogP contribution is 2.09. The Kier molecular flexibility index (Phi) is 6.13. The molecule has 0 saturated carbocycles. The molecule has 0 aliphatic carbocycles. The summed E-state index contributed by atoms with van der Waals surface area (Å²) in [5.41, 5.74) is 2.62. The molecule has 18 heavy (non-hydrogen) atoms. The second-order valence-electron chi connectivity index (χ2n) is 4.43. The van der Waals surface area contributed by atoms with Gasteiger partial charge >= 0.3 is 0 Å². The van der Waals surface area contributed by atoms with Crippen LogP contribution in [0.3, 0.4) is 0 Å². The molecule has 98 valence electrons. The molecule has 0 unspecified atom stereocenters. The minimum atomic E-state index is 0. The predicted octanol–water partition coefficient (Wildman–Crippen LogP) is 0.131. The summed E-state index contributed by atoms with van der Waals surface area (Å²) in [5, 5.41) is 0. The molecule has 2 nitrogen and oxygen atoms in total. The van der Waals surface area contributed by atoms with Crippen LogP contribution in [-0.2, 0) is 13.0 Å². The number of aryl methyl sites for hydroxylation is 2. The van der Waals surface area contributed by atoms with Gasteiger partial charge in [0.25, 0.3) is 0 Å². The summed E-state index contributed by atoms with van der Waals surface area (Å²) in [6, 6.07) is 8.77. The van der Waals surface area contributed by atoms with Gasteiger partial charge in [-0.15, -0.1) is 0 Å². The predicted molar refractivity (Wildman–Crippen MR) is 70.3 cm³/mol. The van der Waals surface area contributed by atoms with E-state index in [0.717, 1.165) is 13.0 Å². The van der Waals surface area contributed by atoms with Crippen LogP contribution in [0.2, 0.25) is 0 Å². The van der Waals surface area contributed by atoms with Crippen molar-refractivity contribution in [1.29, 1.82) is 0 Å². The van der Waals surface area contributed by atoms with E-state index in [-0.39, 0.29) is 17.0 Å². The maximum absolute atomic E-state index is 2.25. The van der Waals surface area contributed by atoms with Crippen LogP contribution in [0.5, 0.6) is 0 Å². The lowest BCUT2D eigenvalue weighted by Crippen LogP contribution is -3.00. The summed E-state index contributed by atoms with van der Waals surface area (Å²) < 4.78 is 4.42. The zero-order valence-electron chi connectivity index (χ0n) is 11.1. The Hall–Kier alpha value is -1.09. The fraction of sp³-hybridized carbons (Fsp3) is 0.400. The van der Waals surface area contributed by atoms with E-state index in [2.05, 4.69) is 66.0 Å². The number of benzene rings is 1. The third kappa shape index (κ3) is 3.70. The van der Waals surface area contributed by atoms with Gasteiger partial charge in [-0.2, -0.15) is 0 Å². The molecule has 0 bridgehead atoms. The van der Waals surface area contributed by atoms with Gasteiger partial charge in [-0.1, -0.05) is 32.4 Å². The van der Waals surface area contributed by atoms with Crippen LogP contribution >= 0.6 is 0 Å². The first-order valence-corrected chi connectivity index (χ1v) is 6.50. The van der Waals surface area contributed by atoms with Crippen LogP contribution in [0, 0.1) is 0 Å².